The van der Waals surface area contributed by atoms with Crippen molar-refractivity contribution in [2.24, 2.45) is 5.92 Å². The van der Waals surface area contributed by atoms with Gasteiger partial charge in [0.1, 0.15) is 11.6 Å². The van der Waals surface area contributed by atoms with Gasteiger partial charge < -0.3 is 14.2 Å². The molecule has 1 fully saturated rings. The number of hydrogen-bond acceptors (Lipinski definition) is 3. The molecule has 4 rings (SSSR count). The van der Waals surface area contributed by atoms with E-state index in [-0.39, 0.29) is 5.91 Å². The predicted octanol–water partition coefficient (Wildman–Crippen LogP) is 4.30. The van der Waals surface area contributed by atoms with E-state index in [9.17, 15) is 4.79 Å². The Bertz CT molecular complexity index is 971. The van der Waals surface area contributed by atoms with Crippen LogP contribution in [0.5, 0.6) is 5.75 Å². The van der Waals surface area contributed by atoms with Gasteiger partial charge in [-0.2, -0.15) is 0 Å². The second-order valence-corrected chi connectivity index (χ2v) is 7.42. The SMILES string of the molecule is CCOc1ccccc1C(=O)N1CCC(Cn2c(C)nc3ccccc32)CC1. The molecule has 1 aliphatic heterocycles. The lowest BCUT2D eigenvalue weighted by atomic mass is 9.96. The number of benzene rings is 2. The van der Waals surface area contributed by atoms with Crippen molar-refractivity contribution >= 4 is 16.9 Å². The third kappa shape index (κ3) is 3.61. The smallest absolute Gasteiger partial charge is 0.257 e. The molecule has 2 heterocycles. The molecular formula is C23H27N3O2. The second kappa shape index (κ2) is 8.05. The summed E-state index contributed by atoms with van der Waals surface area (Å²) in [6.07, 6.45) is 2.02. The van der Waals surface area contributed by atoms with Crippen LogP contribution in [0.15, 0.2) is 48.5 Å². The zero-order chi connectivity index (χ0) is 19.5. The number of ether oxygens (including phenoxy) is 1. The molecule has 5 heteroatoms. The summed E-state index contributed by atoms with van der Waals surface area (Å²) in [5.41, 5.74) is 2.92. The molecule has 0 spiro atoms. The lowest BCUT2D eigenvalue weighted by Crippen LogP contribution is -2.39. The Morgan fingerprint density at radius 2 is 1.82 bits per heavy atom. The Labute approximate surface area is 165 Å². The number of nitrogens with zero attached hydrogens (tertiary/aromatic N) is 3. The standard InChI is InChI=1S/C23H27N3O2/c1-3-28-22-11-7-4-8-19(22)23(27)25-14-12-18(13-15-25)16-26-17(2)24-20-9-5-6-10-21(20)26/h4-11,18H,3,12-16H2,1-2H3. The molecule has 0 radical (unpaired) electrons. The largest absolute Gasteiger partial charge is 0.493 e. The number of imidazole rings is 1. The number of hydrogen-bond donors (Lipinski definition) is 0. The minimum Gasteiger partial charge on any atom is -0.493 e. The van der Waals surface area contributed by atoms with E-state index >= 15 is 0 Å². The number of likely N-dealkylation sites (tertiary alicyclic amines) is 1. The number of amides is 1. The highest BCUT2D eigenvalue weighted by Gasteiger charge is 2.26. The third-order valence-electron chi connectivity index (χ3n) is 5.61. The first-order chi connectivity index (χ1) is 13.7. The van der Waals surface area contributed by atoms with Crippen molar-refractivity contribution in [1.82, 2.24) is 14.5 Å². The van der Waals surface area contributed by atoms with Crippen LogP contribution in [0.1, 0.15) is 35.9 Å². The maximum atomic E-state index is 13.0. The van der Waals surface area contributed by atoms with Crippen LogP contribution in [0.25, 0.3) is 11.0 Å². The molecule has 0 aliphatic carbocycles. The highest BCUT2D eigenvalue weighted by Crippen LogP contribution is 2.26. The fourth-order valence-corrected chi connectivity index (χ4v) is 4.10. The van der Waals surface area contributed by atoms with Crippen LogP contribution in [0.3, 0.4) is 0 Å². The van der Waals surface area contributed by atoms with E-state index in [1.165, 1.54) is 5.52 Å². The quantitative estimate of drug-likeness (QED) is 0.666. The number of piperidine rings is 1. The summed E-state index contributed by atoms with van der Waals surface area (Å²) in [5, 5.41) is 0. The molecule has 0 unspecified atom stereocenters. The molecule has 2 aromatic carbocycles. The van der Waals surface area contributed by atoms with Crippen LogP contribution >= 0.6 is 0 Å². The first-order valence-electron chi connectivity index (χ1n) is 10.1. The number of carbonyl (C=O) groups excluding carboxylic acids is 1. The van der Waals surface area contributed by atoms with Gasteiger partial charge >= 0.3 is 0 Å². The number of fused-ring (bicyclic) bond motifs is 1. The number of aryl methyl sites for hydroxylation is 1. The summed E-state index contributed by atoms with van der Waals surface area (Å²) in [7, 11) is 0. The van der Waals surface area contributed by atoms with Crippen LogP contribution in [0.4, 0.5) is 0 Å². The van der Waals surface area contributed by atoms with Gasteiger partial charge in [0.05, 0.1) is 23.2 Å². The summed E-state index contributed by atoms with van der Waals surface area (Å²) >= 11 is 0. The van der Waals surface area contributed by atoms with E-state index in [1.807, 2.05) is 42.2 Å². The second-order valence-electron chi connectivity index (χ2n) is 7.42. The Hall–Kier alpha value is -2.82. The molecule has 0 atom stereocenters. The number of carbonyl (C=O) groups is 1. The fourth-order valence-electron chi connectivity index (χ4n) is 4.10. The number of para-hydroxylation sites is 3. The Morgan fingerprint density at radius 3 is 2.61 bits per heavy atom. The van der Waals surface area contributed by atoms with Gasteiger partial charge in [0.15, 0.2) is 0 Å². The zero-order valence-corrected chi connectivity index (χ0v) is 16.6. The van der Waals surface area contributed by atoms with Crippen LogP contribution < -0.4 is 4.74 Å². The number of rotatable bonds is 5. The Morgan fingerprint density at radius 1 is 1.11 bits per heavy atom. The predicted molar refractivity (Wildman–Crippen MR) is 111 cm³/mol. The maximum Gasteiger partial charge on any atom is 0.257 e. The lowest BCUT2D eigenvalue weighted by molar-refractivity contribution is 0.0679. The summed E-state index contributed by atoms with van der Waals surface area (Å²) < 4.78 is 7.96. The normalized spacial score (nSPS) is 15.1. The van der Waals surface area contributed by atoms with E-state index in [1.54, 1.807) is 0 Å². The lowest BCUT2D eigenvalue weighted by Gasteiger charge is -2.32. The minimum absolute atomic E-state index is 0.0757. The van der Waals surface area contributed by atoms with Gasteiger partial charge in [-0.1, -0.05) is 24.3 Å². The highest BCUT2D eigenvalue weighted by atomic mass is 16.5. The summed E-state index contributed by atoms with van der Waals surface area (Å²) in [6, 6.07) is 15.8. The Balaban J connectivity index is 1.42. The van der Waals surface area contributed by atoms with E-state index in [2.05, 4.69) is 34.7 Å². The molecule has 0 N–H and O–H groups in total. The molecule has 3 aromatic rings. The first-order valence-corrected chi connectivity index (χ1v) is 10.1. The molecule has 5 nitrogen and oxygen atoms in total. The van der Waals surface area contributed by atoms with Gasteiger partial charge in [0, 0.05) is 19.6 Å². The van der Waals surface area contributed by atoms with Crippen molar-refractivity contribution in [3.8, 4) is 5.75 Å². The van der Waals surface area contributed by atoms with Crippen LogP contribution in [-0.2, 0) is 6.54 Å². The van der Waals surface area contributed by atoms with E-state index in [0.29, 0.717) is 23.8 Å². The zero-order valence-electron chi connectivity index (χ0n) is 16.6. The summed E-state index contributed by atoms with van der Waals surface area (Å²) in [4.78, 5) is 19.6. The monoisotopic (exact) mass is 377 g/mol. The topological polar surface area (TPSA) is 47.4 Å². The first kappa shape index (κ1) is 18.5. The number of aromatic nitrogens is 2. The maximum absolute atomic E-state index is 13.0. The van der Waals surface area contributed by atoms with Crippen LogP contribution in [0, 0.1) is 12.8 Å². The molecule has 1 aliphatic rings. The van der Waals surface area contributed by atoms with E-state index in [0.717, 1.165) is 43.8 Å². The molecule has 0 bridgehead atoms. The summed E-state index contributed by atoms with van der Waals surface area (Å²) in [5.74, 6) is 2.37. The average Bonchev–Trinajstić information content (AvgIpc) is 3.04. The average molecular weight is 377 g/mol. The van der Waals surface area contributed by atoms with Crippen molar-refractivity contribution in [2.75, 3.05) is 19.7 Å². The summed E-state index contributed by atoms with van der Waals surface area (Å²) in [6.45, 7) is 7.11. The van der Waals surface area contributed by atoms with Gasteiger partial charge in [-0.05, 0) is 56.9 Å². The van der Waals surface area contributed by atoms with Gasteiger partial charge in [-0.25, -0.2) is 4.98 Å². The van der Waals surface area contributed by atoms with Crippen LogP contribution in [-0.4, -0.2) is 40.1 Å². The van der Waals surface area contributed by atoms with Gasteiger partial charge in [0.25, 0.3) is 5.91 Å². The third-order valence-corrected chi connectivity index (χ3v) is 5.61. The molecule has 1 amide bonds. The highest BCUT2D eigenvalue weighted by molar-refractivity contribution is 5.97. The van der Waals surface area contributed by atoms with Gasteiger partial charge in [0.2, 0.25) is 0 Å². The van der Waals surface area contributed by atoms with E-state index in [4.69, 9.17) is 4.74 Å². The molecular weight excluding hydrogens is 350 g/mol. The van der Waals surface area contributed by atoms with Crippen LogP contribution in [0.2, 0.25) is 0 Å². The fraction of sp³-hybridized carbons (Fsp3) is 0.391. The van der Waals surface area contributed by atoms with E-state index < -0.39 is 0 Å². The molecule has 1 saturated heterocycles. The van der Waals surface area contributed by atoms with Crippen molar-refractivity contribution in [2.45, 2.75) is 33.2 Å². The van der Waals surface area contributed by atoms with Crippen molar-refractivity contribution in [3.05, 3.63) is 59.9 Å². The van der Waals surface area contributed by atoms with Crippen molar-refractivity contribution in [3.63, 3.8) is 0 Å². The van der Waals surface area contributed by atoms with Crippen molar-refractivity contribution < 1.29 is 9.53 Å². The van der Waals surface area contributed by atoms with Gasteiger partial charge in [-0.3, -0.25) is 4.79 Å². The van der Waals surface area contributed by atoms with Gasteiger partial charge in [-0.15, -0.1) is 0 Å². The molecule has 28 heavy (non-hydrogen) atoms. The molecule has 1 aromatic heterocycles. The minimum atomic E-state index is 0.0757. The van der Waals surface area contributed by atoms with Crippen molar-refractivity contribution in [1.29, 1.82) is 0 Å². The Kier molecular flexibility index (Phi) is 5.33. The molecule has 146 valence electrons. The molecule has 0 saturated carbocycles.